The van der Waals surface area contributed by atoms with Crippen molar-refractivity contribution in [3.63, 3.8) is 0 Å². The summed E-state index contributed by atoms with van der Waals surface area (Å²) in [5.74, 6) is 0.523. The zero-order valence-corrected chi connectivity index (χ0v) is 14.7. The number of methoxy groups -OCH3 is 1. The normalized spacial score (nSPS) is 12.4. The van der Waals surface area contributed by atoms with Gasteiger partial charge in [0.1, 0.15) is 11.5 Å². The molecule has 0 bridgehead atoms. The third-order valence-electron chi connectivity index (χ3n) is 1.53. The SMILES string of the molecule is COc1ccc(OP(=O)(O)C(=O)O)cc1.[Na].[Na]. The van der Waals surface area contributed by atoms with Crippen LogP contribution in [0.1, 0.15) is 0 Å². The van der Waals surface area contributed by atoms with E-state index < -0.39 is 13.3 Å². The number of ether oxygens (including phenoxy) is 1. The molecular formula is C8H9Na2O6P. The quantitative estimate of drug-likeness (QED) is 0.634. The molecule has 2 radical (unpaired) electrons. The molecule has 1 aromatic rings. The summed E-state index contributed by atoms with van der Waals surface area (Å²) in [6.07, 6.45) is 0. The summed E-state index contributed by atoms with van der Waals surface area (Å²) in [7, 11) is -3.17. The Balaban J connectivity index is 0. The molecule has 0 saturated carbocycles. The Kier molecular flexibility index (Phi) is 9.97. The Morgan fingerprint density at radius 3 is 1.94 bits per heavy atom. The van der Waals surface area contributed by atoms with Gasteiger partial charge in [0.15, 0.2) is 0 Å². The molecular weight excluding hydrogens is 269 g/mol. The average molecular weight is 278 g/mol. The molecule has 17 heavy (non-hydrogen) atoms. The van der Waals surface area contributed by atoms with E-state index in [1.165, 1.54) is 31.4 Å². The van der Waals surface area contributed by atoms with Crippen molar-refractivity contribution in [2.75, 3.05) is 7.11 Å². The molecule has 1 atom stereocenters. The van der Waals surface area contributed by atoms with E-state index in [2.05, 4.69) is 4.52 Å². The van der Waals surface area contributed by atoms with E-state index in [4.69, 9.17) is 14.7 Å². The van der Waals surface area contributed by atoms with Gasteiger partial charge in [-0.15, -0.1) is 0 Å². The molecule has 0 fully saturated rings. The van der Waals surface area contributed by atoms with Gasteiger partial charge in [-0.2, -0.15) is 0 Å². The summed E-state index contributed by atoms with van der Waals surface area (Å²) in [5, 5.41) is 8.34. The first-order valence-electron chi connectivity index (χ1n) is 3.85. The molecule has 9 heteroatoms. The van der Waals surface area contributed by atoms with Crippen molar-refractivity contribution in [1.29, 1.82) is 0 Å². The fourth-order valence-electron chi connectivity index (χ4n) is 0.819. The predicted octanol–water partition coefficient (Wildman–Crippen LogP) is 1.18. The van der Waals surface area contributed by atoms with Crippen molar-refractivity contribution in [1.82, 2.24) is 0 Å². The van der Waals surface area contributed by atoms with Gasteiger partial charge in [-0.3, -0.25) is 0 Å². The maximum atomic E-state index is 10.9. The largest absolute Gasteiger partial charge is 0.497 e. The molecule has 0 aromatic heterocycles. The molecule has 1 unspecified atom stereocenters. The van der Waals surface area contributed by atoms with Crippen LogP contribution in [0.4, 0.5) is 4.79 Å². The third-order valence-corrected chi connectivity index (χ3v) is 2.47. The van der Waals surface area contributed by atoms with Crippen LogP contribution < -0.4 is 9.26 Å². The van der Waals surface area contributed by atoms with E-state index >= 15 is 0 Å². The number of benzene rings is 1. The molecule has 6 nitrogen and oxygen atoms in total. The van der Waals surface area contributed by atoms with Gasteiger partial charge in [-0.05, 0) is 24.3 Å². The van der Waals surface area contributed by atoms with E-state index in [0.717, 1.165) is 0 Å². The summed E-state index contributed by atoms with van der Waals surface area (Å²) in [4.78, 5) is 19.2. The first-order valence-corrected chi connectivity index (χ1v) is 5.43. The van der Waals surface area contributed by atoms with Gasteiger partial charge in [0.25, 0.3) is 0 Å². The van der Waals surface area contributed by atoms with Gasteiger partial charge < -0.3 is 19.3 Å². The van der Waals surface area contributed by atoms with Gasteiger partial charge in [-0.1, -0.05) is 0 Å². The van der Waals surface area contributed by atoms with Gasteiger partial charge in [-0.25, -0.2) is 9.36 Å². The number of rotatable bonds is 4. The van der Waals surface area contributed by atoms with Crippen LogP contribution in [0.5, 0.6) is 11.5 Å². The van der Waals surface area contributed by atoms with Crippen LogP contribution in [0.15, 0.2) is 24.3 Å². The molecule has 0 aliphatic rings. The number of hydrogen-bond acceptors (Lipinski definition) is 4. The van der Waals surface area contributed by atoms with Gasteiger partial charge >= 0.3 is 13.3 Å². The maximum Gasteiger partial charge on any atom is 0.485 e. The minimum absolute atomic E-state index is 0. The van der Waals surface area contributed by atoms with E-state index in [0.29, 0.717) is 5.75 Å². The van der Waals surface area contributed by atoms with Crippen molar-refractivity contribution in [3.8, 4) is 11.5 Å². The second-order valence-corrected chi connectivity index (χ2v) is 4.18. The molecule has 0 spiro atoms. The van der Waals surface area contributed by atoms with Crippen molar-refractivity contribution in [3.05, 3.63) is 24.3 Å². The molecule has 1 rings (SSSR count). The molecule has 0 amide bonds. The van der Waals surface area contributed by atoms with Crippen molar-refractivity contribution in [2.24, 2.45) is 0 Å². The Labute approximate surface area is 142 Å². The van der Waals surface area contributed by atoms with E-state index in [1.54, 1.807) is 0 Å². The smallest absolute Gasteiger partial charge is 0.485 e. The molecule has 2 N–H and O–H groups in total. The van der Waals surface area contributed by atoms with Crippen molar-refractivity contribution in [2.45, 2.75) is 0 Å². The second kappa shape index (κ2) is 8.56. The third kappa shape index (κ3) is 6.27. The van der Waals surface area contributed by atoms with Gasteiger partial charge in [0.05, 0.1) is 7.11 Å². The van der Waals surface area contributed by atoms with Crippen LogP contribution in [0.25, 0.3) is 0 Å². The molecule has 0 aliphatic carbocycles. The second-order valence-electron chi connectivity index (χ2n) is 2.57. The number of carbonyl (C=O) groups is 1. The van der Waals surface area contributed by atoms with Crippen LogP contribution >= 0.6 is 7.60 Å². The molecule has 84 valence electrons. The average Bonchev–Trinajstić information content (AvgIpc) is 2.18. The van der Waals surface area contributed by atoms with Crippen LogP contribution in [-0.4, -0.2) is 81.9 Å². The minimum Gasteiger partial charge on any atom is -0.497 e. The Morgan fingerprint density at radius 1 is 1.18 bits per heavy atom. The van der Waals surface area contributed by atoms with E-state index in [-0.39, 0.29) is 64.9 Å². The fourth-order valence-corrected chi connectivity index (χ4v) is 1.30. The Bertz CT molecular complexity index is 407. The Morgan fingerprint density at radius 2 is 1.59 bits per heavy atom. The zero-order chi connectivity index (χ0) is 11.5. The summed E-state index contributed by atoms with van der Waals surface area (Å²) in [6, 6.07) is 5.64. The van der Waals surface area contributed by atoms with Crippen LogP contribution in [0.3, 0.4) is 0 Å². The predicted molar refractivity (Wildman–Crippen MR) is 63.0 cm³/mol. The first-order chi connectivity index (χ1) is 6.95. The van der Waals surface area contributed by atoms with Crippen LogP contribution in [-0.2, 0) is 4.57 Å². The van der Waals surface area contributed by atoms with Crippen molar-refractivity contribution >= 4 is 72.4 Å². The summed E-state index contributed by atoms with van der Waals surface area (Å²) in [5.41, 5.74) is -1.89. The summed E-state index contributed by atoms with van der Waals surface area (Å²) in [6.45, 7) is 0. The fraction of sp³-hybridized carbons (Fsp3) is 0.125. The maximum absolute atomic E-state index is 10.9. The molecule has 0 aliphatic heterocycles. The standard InChI is InChI=1S/C8H9O6P.2Na/c1-13-6-2-4-7(5-3-6)14-15(11,12)8(9)10;;/h2-5H,1H3,(H,9,10)(H,11,12);;. The van der Waals surface area contributed by atoms with Crippen LogP contribution in [0.2, 0.25) is 0 Å². The summed E-state index contributed by atoms with van der Waals surface area (Å²) < 4.78 is 20.2. The summed E-state index contributed by atoms with van der Waals surface area (Å²) >= 11 is 0. The van der Waals surface area contributed by atoms with E-state index in [1.807, 2.05) is 0 Å². The van der Waals surface area contributed by atoms with Gasteiger partial charge in [0, 0.05) is 59.1 Å². The van der Waals surface area contributed by atoms with Crippen molar-refractivity contribution < 1.29 is 28.6 Å². The van der Waals surface area contributed by atoms with Crippen LogP contribution in [0, 0.1) is 0 Å². The van der Waals surface area contributed by atoms with Gasteiger partial charge in [0.2, 0.25) is 0 Å². The molecule has 1 aromatic carbocycles. The number of hydrogen-bond donors (Lipinski definition) is 2. The first kappa shape index (κ1) is 19.8. The molecule has 0 heterocycles. The topological polar surface area (TPSA) is 93.1 Å². The van der Waals surface area contributed by atoms with E-state index in [9.17, 15) is 9.36 Å². The monoisotopic (exact) mass is 278 g/mol. The molecule has 0 saturated heterocycles. The minimum atomic E-state index is -4.63. The zero-order valence-electron chi connectivity index (χ0n) is 9.78. The Hall–Kier alpha value is 0.480. The number of carboxylic acid groups (broad SMARTS) is 1.